The zero-order valence-electron chi connectivity index (χ0n) is 9.95. The molecule has 1 heterocycles. The number of aliphatic imine (C=N–C) groups is 1. The molecule has 0 saturated carbocycles. The molecule has 1 unspecified atom stereocenters. The van der Waals surface area contributed by atoms with Crippen molar-refractivity contribution in [2.45, 2.75) is 6.92 Å². The summed E-state index contributed by atoms with van der Waals surface area (Å²) in [6.45, 7) is 2.19. The van der Waals surface area contributed by atoms with Gasteiger partial charge in [0.1, 0.15) is 21.3 Å². The van der Waals surface area contributed by atoms with Crippen LogP contribution >= 0.6 is 0 Å². The van der Waals surface area contributed by atoms with E-state index in [1.807, 2.05) is 31.2 Å². The minimum absolute atomic E-state index is 0.218. The van der Waals surface area contributed by atoms with E-state index in [9.17, 15) is 8.42 Å². The molecular formula is C11H12N2O3S2. The molecule has 1 aromatic carbocycles. The number of hydrogen-bond donors (Lipinski definition) is 0. The van der Waals surface area contributed by atoms with Gasteiger partial charge >= 0.3 is 0 Å². The third-order valence-electron chi connectivity index (χ3n) is 2.29. The lowest BCUT2D eigenvalue weighted by atomic mass is 10.2. The van der Waals surface area contributed by atoms with Crippen LogP contribution in [-0.4, -0.2) is 33.0 Å². The van der Waals surface area contributed by atoms with Gasteiger partial charge in [-0.05, 0) is 6.92 Å². The molecule has 0 saturated heterocycles. The number of amidine groups is 1. The smallest absolute Gasteiger partial charge is 0.267 e. The molecular weight excluding hydrogens is 272 g/mol. The van der Waals surface area contributed by atoms with Crippen molar-refractivity contribution in [1.82, 2.24) is 0 Å². The van der Waals surface area contributed by atoms with E-state index in [0.29, 0.717) is 10.9 Å². The van der Waals surface area contributed by atoms with Gasteiger partial charge in [-0.1, -0.05) is 29.8 Å². The highest BCUT2D eigenvalue weighted by Gasteiger charge is 2.19. The van der Waals surface area contributed by atoms with Gasteiger partial charge < -0.3 is 4.74 Å². The molecule has 0 aromatic heterocycles. The number of hydrogen-bond acceptors (Lipinski definition) is 4. The Hall–Kier alpha value is -1.31. The molecule has 5 nitrogen and oxygen atoms in total. The summed E-state index contributed by atoms with van der Waals surface area (Å²) in [5.74, 6) is 0.417. The van der Waals surface area contributed by atoms with E-state index in [1.165, 1.54) is 7.11 Å². The van der Waals surface area contributed by atoms with Crippen LogP contribution in [0.5, 0.6) is 0 Å². The van der Waals surface area contributed by atoms with Crippen molar-refractivity contribution in [1.29, 1.82) is 0 Å². The molecule has 0 fully saturated rings. The number of rotatable bonds is 3. The van der Waals surface area contributed by atoms with Crippen molar-refractivity contribution < 1.29 is 13.2 Å². The SMILES string of the molecule is COCC1=NS(=S(=O)=O)C(c2ccc(C)cc2)=N1. The minimum Gasteiger partial charge on any atom is -0.377 e. The molecule has 0 N–H and O–H groups in total. The summed E-state index contributed by atoms with van der Waals surface area (Å²) < 4.78 is 31.4. The summed E-state index contributed by atoms with van der Waals surface area (Å²) in [4.78, 5) is 4.24. The van der Waals surface area contributed by atoms with Gasteiger partial charge in [0.05, 0.1) is 0 Å². The molecule has 1 aromatic rings. The Morgan fingerprint density at radius 3 is 2.50 bits per heavy atom. The molecule has 0 aliphatic carbocycles. The van der Waals surface area contributed by atoms with Gasteiger partial charge in [0.2, 0.25) is 0 Å². The molecule has 96 valence electrons. The van der Waals surface area contributed by atoms with Gasteiger partial charge in [-0.2, -0.15) is 12.8 Å². The predicted octanol–water partition coefficient (Wildman–Crippen LogP) is 1.13. The molecule has 7 heteroatoms. The second kappa shape index (κ2) is 5.55. The van der Waals surface area contributed by atoms with Crippen molar-refractivity contribution in [3.63, 3.8) is 0 Å². The quantitative estimate of drug-likeness (QED) is 0.835. The average Bonchev–Trinajstić information content (AvgIpc) is 2.75. The Morgan fingerprint density at radius 1 is 1.28 bits per heavy atom. The zero-order chi connectivity index (χ0) is 13.1. The van der Waals surface area contributed by atoms with Crippen molar-refractivity contribution in [3.8, 4) is 0 Å². The maximum atomic E-state index is 11.2. The predicted molar refractivity (Wildman–Crippen MR) is 73.3 cm³/mol. The maximum absolute atomic E-state index is 11.2. The Balaban J connectivity index is 2.47. The zero-order valence-corrected chi connectivity index (χ0v) is 11.6. The summed E-state index contributed by atoms with van der Waals surface area (Å²) in [6, 6.07) is 7.54. The first-order valence-corrected chi connectivity index (χ1v) is 7.95. The molecule has 1 aliphatic rings. The van der Waals surface area contributed by atoms with Gasteiger partial charge in [-0.15, -0.1) is 0 Å². The monoisotopic (exact) mass is 284 g/mol. The highest BCUT2D eigenvalue weighted by Crippen LogP contribution is 2.14. The van der Waals surface area contributed by atoms with Crippen LogP contribution in [0.2, 0.25) is 0 Å². The number of aryl methyl sites for hydroxylation is 1. The highest BCUT2D eigenvalue weighted by atomic mass is 32.9. The maximum Gasteiger partial charge on any atom is 0.267 e. The molecule has 2 rings (SSSR count). The second-order valence-corrected chi connectivity index (χ2v) is 6.92. The number of methoxy groups -OCH3 is 1. The fourth-order valence-electron chi connectivity index (χ4n) is 1.46. The topological polar surface area (TPSA) is 68.1 Å². The molecule has 0 spiro atoms. The highest BCUT2D eigenvalue weighted by molar-refractivity contribution is 8.41. The average molecular weight is 284 g/mol. The van der Waals surface area contributed by atoms with Gasteiger partial charge in [-0.25, -0.2) is 4.99 Å². The van der Waals surface area contributed by atoms with Gasteiger partial charge in [0.15, 0.2) is 5.84 Å². The van der Waals surface area contributed by atoms with Crippen molar-refractivity contribution in [2.75, 3.05) is 13.7 Å². The van der Waals surface area contributed by atoms with E-state index in [1.54, 1.807) is 0 Å². The van der Waals surface area contributed by atoms with Crippen LogP contribution < -0.4 is 0 Å². The van der Waals surface area contributed by atoms with Gasteiger partial charge in [-0.3, -0.25) is 0 Å². The van der Waals surface area contributed by atoms with E-state index < -0.39 is 18.9 Å². The van der Waals surface area contributed by atoms with Crippen LogP contribution in [0.1, 0.15) is 11.1 Å². The molecule has 0 amide bonds. The van der Waals surface area contributed by atoms with Crippen LogP contribution in [0.3, 0.4) is 0 Å². The fourth-order valence-corrected chi connectivity index (χ4v) is 3.77. The Morgan fingerprint density at radius 2 is 1.94 bits per heavy atom. The lowest BCUT2D eigenvalue weighted by Gasteiger charge is -2.00. The van der Waals surface area contributed by atoms with Crippen LogP contribution in [0.25, 0.3) is 0 Å². The van der Waals surface area contributed by atoms with E-state index in [2.05, 4.69) is 9.39 Å². The number of benzene rings is 1. The van der Waals surface area contributed by atoms with Crippen LogP contribution in [0.4, 0.5) is 0 Å². The first kappa shape index (κ1) is 13.1. The van der Waals surface area contributed by atoms with Crippen molar-refractivity contribution in [2.24, 2.45) is 9.39 Å². The van der Waals surface area contributed by atoms with Crippen molar-refractivity contribution in [3.05, 3.63) is 35.4 Å². The summed E-state index contributed by atoms with van der Waals surface area (Å²) in [7, 11) is -2.01. The standard InChI is InChI=1S/C11H12N2O3S2/c1-8-3-5-9(6-4-8)11-12-10(7-16-2)13-17(11)18(14)15/h3-6H,7H2,1-2H3. The van der Waals surface area contributed by atoms with Crippen molar-refractivity contribution >= 4 is 29.8 Å². The first-order chi connectivity index (χ1) is 8.61. The molecule has 0 radical (unpaired) electrons. The van der Waals surface area contributed by atoms with Crippen LogP contribution in [0, 0.1) is 6.92 Å². The Kier molecular flexibility index (Phi) is 4.05. The Labute approximate surface area is 108 Å². The first-order valence-electron chi connectivity index (χ1n) is 5.18. The third-order valence-corrected chi connectivity index (χ3v) is 5.05. The minimum atomic E-state index is -2.30. The Bertz CT molecular complexity index is 650. The van der Waals surface area contributed by atoms with E-state index in [-0.39, 0.29) is 6.61 Å². The number of nitrogens with zero attached hydrogens (tertiary/aromatic N) is 2. The van der Waals surface area contributed by atoms with Crippen LogP contribution in [0.15, 0.2) is 33.7 Å². The molecule has 1 aliphatic heterocycles. The third kappa shape index (κ3) is 2.74. The fraction of sp³-hybridized carbons (Fsp3) is 0.273. The van der Waals surface area contributed by atoms with E-state index in [0.717, 1.165) is 11.1 Å². The number of ether oxygens (including phenoxy) is 1. The van der Waals surface area contributed by atoms with Gasteiger partial charge in [0.25, 0.3) is 9.26 Å². The summed E-state index contributed by atoms with van der Waals surface area (Å²) in [6.07, 6.45) is 0. The van der Waals surface area contributed by atoms with E-state index >= 15 is 0 Å². The molecule has 0 bridgehead atoms. The normalized spacial score (nSPS) is 18.4. The lowest BCUT2D eigenvalue weighted by Crippen LogP contribution is -2.04. The van der Waals surface area contributed by atoms with E-state index in [4.69, 9.17) is 4.74 Å². The summed E-state index contributed by atoms with van der Waals surface area (Å²) >= 11 is 0. The second-order valence-electron chi connectivity index (χ2n) is 3.68. The van der Waals surface area contributed by atoms with Gasteiger partial charge in [0, 0.05) is 12.7 Å². The summed E-state index contributed by atoms with van der Waals surface area (Å²) in [5.41, 5.74) is 1.89. The molecule has 1 atom stereocenters. The lowest BCUT2D eigenvalue weighted by molar-refractivity contribution is 0.245. The van der Waals surface area contributed by atoms with Crippen LogP contribution in [-0.2, 0) is 23.6 Å². The summed E-state index contributed by atoms with van der Waals surface area (Å²) in [5, 5.41) is 0.482. The largest absolute Gasteiger partial charge is 0.377 e. The molecule has 18 heavy (non-hydrogen) atoms.